The van der Waals surface area contributed by atoms with Gasteiger partial charge in [0.2, 0.25) is 0 Å². The first-order chi connectivity index (χ1) is 8.77. The number of nitrogens with one attached hydrogen (secondary N) is 1. The first-order valence-corrected chi connectivity index (χ1v) is 6.65. The van der Waals surface area contributed by atoms with E-state index in [4.69, 9.17) is 5.73 Å². The molecule has 6 heteroatoms. The molecule has 2 aromatic rings. The number of aryl methyl sites for hydroxylation is 1. The van der Waals surface area contributed by atoms with Gasteiger partial charge in [0.25, 0.3) is 0 Å². The van der Waals surface area contributed by atoms with Crippen LogP contribution in [0.15, 0.2) is 35.6 Å². The van der Waals surface area contributed by atoms with E-state index in [2.05, 4.69) is 35.8 Å². The van der Waals surface area contributed by atoms with E-state index < -0.39 is 0 Å². The summed E-state index contributed by atoms with van der Waals surface area (Å²) in [4.78, 5) is 8.01. The largest absolute Gasteiger partial charge is 0.396 e. The zero-order chi connectivity index (χ0) is 12.8. The van der Waals surface area contributed by atoms with Gasteiger partial charge in [0.05, 0.1) is 28.4 Å². The molecule has 0 bridgehead atoms. The number of nitrogen functional groups attached to an aromatic ring is 1. The molecular formula is C12H16BrN5. The summed E-state index contributed by atoms with van der Waals surface area (Å²) >= 11 is 3.43. The van der Waals surface area contributed by atoms with Crippen molar-refractivity contribution >= 4 is 27.3 Å². The molecule has 0 atom stereocenters. The molecule has 0 aliphatic heterocycles. The third-order valence-electron chi connectivity index (χ3n) is 2.63. The Morgan fingerprint density at radius 1 is 1.28 bits per heavy atom. The van der Waals surface area contributed by atoms with Crippen molar-refractivity contribution in [2.24, 2.45) is 0 Å². The maximum absolute atomic E-state index is 5.85. The molecule has 0 aromatic carbocycles. The van der Waals surface area contributed by atoms with Crippen molar-refractivity contribution in [2.45, 2.75) is 19.4 Å². The molecule has 0 unspecified atom stereocenters. The van der Waals surface area contributed by atoms with Crippen LogP contribution in [0, 0.1) is 0 Å². The van der Waals surface area contributed by atoms with Crippen LogP contribution in [0.2, 0.25) is 0 Å². The van der Waals surface area contributed by atoms with Crippen molar-refractivity contribution in [1.82, 2.24) is 14.5 Å². The Morgan fingerprint density at radius 3 is 2.89 bits per heavy atom. The molecule has 2 aromatic heterocycles. The van der Waals surface area contributed by atoms with Gasteiger partial charge in [-0.15, -0.1) is 0 Å². The van der Waals surface area contributed by atoms with Crippen molar-refractivity contribution in [2.75, 3.05) is 17.6 Å². The maximum atomic E-state index is 5.85. The highest BCUT2D eigenvalue weighted by Crippen LogP contribution is 2.26. The first-order valence-electron chi connectivity index (χ1n) is 5.86. The van der Waals surface area contributed by atoms with Crippen LogP contribution in [0.5, 0.6) is 0 Å². The number of anilines is 2. The van der Waals surface area contributed by atoms with Gasteiger partial charge in [0.1, 0.15) is 0 Å². The summed E-state index contributed by atoms with van der Waals surface area (Å²) in [5.74, 6) is 0. The Balaban J connectivity index is 1.72. The van der Waals surface area contributed by atoms with Gasteiger partial charge in [0, 0.05) is 31.7 Å². The molecule has 2 heterocycles. The van der Waals surface area contributed by atoms with E-state index in [0.29, 0.717) is 5.69 Å². The number of nitrogens with two attached hydrogens (primary N) is 1. The van der Waals surface area contributed by atoms with Gasteiger partial charge >= 0.3 is 0 Å². The number of unbranched alkanes of at least 4 members (excludes halogenated alkanes) is 1. The number of rotatable bonds is 6. The molecule has 0 aliphatic rings. The molecule has 18 heavy (non-hydrogen) atoms. The van der Waals surface area contributed by atoms with E-state index in [1.807, 2.05) is 12.5 Å². The Bertz CT molecular complexity index is 463. The van der Waals surface area contributed by atoms with E-state index in [0.717, 1.165) is 36.1 Å². The van der Waals surface area contributed by atoms with Crippen LogP contribution >= 0.6 is 15.9 Å². The lowest BCUT2D eigenvalue weighted by molar-refractivity contribution is 0.621. The van der Waals surface area contributed by atoms with Crippen LogP contribution in [-0.2, 0) is 6.54 Å². The molecule has 96 valence electrons. The zero-order valence-corrected chi connectivity index (χ0v) is 11.6. The fourth-order valence-corrected chi connectivity index (χ4v) is 2.18. The number of pyridine rings is 1. The van der Waals surface area contributed by atoms with Gasteiger partial charge in [-0.25, -0.2) is 4.98 Å². The van der Waals surface area contributed by atoms with Crippen LogP contribution < -0.4 is 11.1 Å². The van der Waals surface area contributed by atoms with E-state index in [1.165, 1.54) is 0 Å². The first kappa shape index (κ1) is 12.9. The minimum absolute atomic E-state index is 0.666. The number of halogens is 1. The molecule has 0 aliphatic carbocycles. The molecule has 0 fully saturated rings. The van der Waals surface area contributed by atoms with Gasteiger partial charge < -0.3 is 15.6 Å². The average molecular weight is 310 g/mol. The van der Waals surface area contributed by atoms with E-state index >= 15 is 0 Å². The van der Waals surface area contributed by atoms with Gasteiger partial charge in [-0.1, -0.05) is 0 Å². The van der Waals surface area contributed by atoms with Crippen LogP contribution in [0.1, 0.15) is 12.8 Å². The number of nitrogens with zero attached hydrogens (tertiary/aromatic N) is 3. The fourth-order valence-electron chi connectivity index (χ4n) is 1.69. The topological polar surface area (TPSA) is 68.8 Å². The van der Waals surface area contributed by atoms with Gasteiger partial charge in [0.15, 0.2) is 0 Å². The number of aromatic nitrogens is 3. The predicted octanol–water partition coefficient (Wildman–Crippen LogP) is 2.52. The molecule has 0 saturated heterocycles. The third-order valence-corrected chi connectivity index (χ3v) is 3.23. The van der Waals surface area contributed by atoms with Crippen LogP contribution in [0.4, 0.5) is 11.4 Å². The van der Waals surface area contributed by atoms with Gasteiger partial charge in [-0.2, -0.15) is 0 Å². The van der Waals surface area contributed by atoms with Crippen LogP contribution in [-0.4, -0.2) is 21.1 Å². The summed E-state index contributed by atoms with van der Waals surface area (Å²) in [6.07, 6.45) is 11.2. The van der Waals surface area contributed by atoms with E-state index in [9.17, 15) is 0 Å². The second kappa shape index (κ2) is 6.39. The highest BCUT2D eigenvalue weighted by Gasteiger charge is 2.03. The minimum Gasteiger partial charge on any atom is -0.396 e. The third kappa shape index (κ3) is 3.46. The molecule has 5 nitrogen and oxygen atoms in total. The number of imidazole rings is 1. The SMILES string of the molecule is Nc1cncc(Br)c1NCCCCn1ccnc1. The van der Waals surface area contributed by atoms with Crippen molar-refractivity contribution in [3.63, 3.8) is 0 Å². The van der Waals surface area contributed by atoms with Gasteiger partial charge in [-0.05, 0) is 28.8 Å². The second-order valence-corrected chi connectivity index (χ2v) is 4.87. The Kier molecular flexibility index (Phi) is 4.58. The lowest BCUT2D eigenvalue weighted by Gasteiger charge is -2.10. The summed E-state index contributed by atoms with van der Waals surface area (Å²) in [5.41, 5.74) is 7.44. The Hall–Kier alpha value is -1.56. The zero-order valence-electron chi connectivity index (χ0n) is 10.0. The van der Waals surface area contributed by atoms with Crippen molar-refractivity contribution in [3.8, 4) is 0 Å². The lowest BCUT2D eigenvalue weighted by atomic mass is 10.3. The van der Waals surface area contributed by atoms with Crippen molar-refractivity contribution < 1.29 is 0 Å². The summed E-state index contributed by atoms with van der Waals surface area (Å²) in [7, 11) is 0. The normalized spacial score (nSPS) is 10.5. The van der Waals surface area contributed by atoms with Crippen LogP contribution in [0.25, 0.3) is 0 Å². The highest BCUT2D eigenvalue weighted by atomic mass is 79.9. The minimum atomic E-state index is 0.666. The molecule has 0 radical (unpaired) electrons. The van der Waals surface area contributed by atoms with E-state index in [-0.39, 0.29) is 0 Å². The van der Waals surface area contributed by atoms with Crippen LogP contribution in [0.3, 0.4) is 0 Å². The Labute approximate surface area is 115 Å². The highest BCUT2D eigenvalue weighted by molar-refractivity contribution is 9.10. The summed E-state index contributed by atoms with van der Waals surface area (Å²) in [5, 5.41) is 3.32. The molecule has 2 rings (SSSR count). The summed E-state index contributed by atoms with van der Waals surface area (Å²) < 4.78 is 2.98. The molecule has 0 spiro atoms. The second-order valence-electron chi connectivity index (χ2n) is 4.02. The monoisotopic (exact) mass is 309 g/mol. The molecule has 0 saturated carbocycles. The maximum Gasteiger partial charge on any atom is 0.0945 e. The quantitative estimate of drug-likeness (QED) is 0.805. The molecule has 3 N–H and O–H groups in total. The standard InChI is InChI=1S/C12H16BrN5/c13-10-7-16-8-11(14)12(10)17-3-1-2-5-18-6-4-15-9-18/h4,6-9H,1-3,5,14H2,(H,16,17). The smallest absolute Gasteiger partial charge is 0.0945 e. The summed E-state index contributed by atoms with van der Waals surface area (Å²) in [6.45, 7) is 1.89. The van der Waals surface area contributed by atoms with Crippen molar-refractivity contribution in [1.29, 1.82) is 0 Å². The van der Waals surface area contributed by atoms with Crippen molar-refractivity contribution in [3.05, 3.63) is 35.6 Å². The molecular weight excluding hydrogens is 294 g/mol. The Morgan fingerprint density at radius 2 is 2.17 bits per heavy atom. The predicted molar refractivity (Wildman–Crippen MR) is 76.3 cm³/mol. The number of hydrogen-bond donors (Lipinski definition) is 2. The average Bonchev–Trinajstić information content (AvgIpc) is 2.85. The lowest BCUT2D eigenvalue weighted by Crippen LogP contribution is -2.06. The summed E-state index contributed by atoms with van der Waals surface area (Å²) in [6, 6.07) is 0. The fraction of sp³-hybridized carbons (Fsp3) is 0.333. The number of hydrogen-bond acceptors (Lipinski definition) is 4. The van der Waals surface area contributed by atoms with Gasteiger partial charge in [-0.3, -0.25) is 4.98 Å². The molecule has 0 amide bonds. The van der Waals surface area contributed by atoms with E-state index in [1.54, 1.807) is 18.6 Å².